The molecule has 94 valence electrons. The van der Waals surface area contributed by atoms with Gasteiger partial charge in [-0.1, -0.05) is 12.8 Å². The summed E-state index contributed by atoms with van der Waals surface area (Å²) in [5.41, 5.74) is -0.468. The Morgan fingerprint density at radius 1 is 1.38 bits per heavy atom. The minimum atomic E-state index is -0.468. The number of amides is 1. The van der Waals surface area contributed by atoms with Crippen LogP contribution in [0.25, 0.3) is 0 Å². The molecule has 0 aliphatic heterocycles. The molecule has 1 aliphatic rings. The molecule has 4 nitrogen and oxygen atoms in total. The highest BCUT2D eigenvalue weighted by atomic mass is 16.6. The van der Waals surface area contributed by atoms with Gasteiger partial charge in [-0.2, -0.15) is 0 Å². The first-order chi connectivity index (χ1) is 7.42. The van der Waals surface area contributed by atoms with Crippen LogP contribution in [0.3, 0.4) is 0 Å². The van der Waals surface area contributed by atoms with Crippen LogP contribution in [0.2, 0.25) is 0 Å². The van der Waals surface area contributed by atoms with Crippen molar-refractivity contribution >= 4 is 6.09 Å². The van der Waals surface area contributed by atoms with Gasteiger partial charge in [0.1, 0.15) is 5.60 Å². The summed E-state index contributed by atoms with van der Waals surface area (Å²) in [7, 11) is 0. The Kier molecular flexibility index (Phi) is 4.59. The van der Waals surface area contributed by atoms with Crippen LogP contribution in [0, 0.1) is 5.92 Å². The molecule has 0 spiro atoms. The third-order valence-electron chi connectivity index (χ3n) is 2.53. The van der Waals surface area contributed by atoms with Crippen LogP contribution < -0.4 is 0 Å². The predicted molar refractivity (Wildman–Crippen MR) is 62.2 cm³/mol. The molecule has 4 heteroatoms. The van der Waals surface area contributed by atoms with Gasteiger partial charge in [0, 0.05) is 13.1 Å². The molecule has 1 aliphatic carbocycles. The highest BCUT2D eigenvalue weighted by molar-refractivity contribution is 5.68. The molecule has 0 aromatic rings. The average molecular weight is 229 g/mol. The molecule has 1 N–H and O–H groups in total. The molecule has 0 heterocycles. The SMILES string of the molecule is CC(C)(C)OC(=O)N(CCO)CCC1CC1. The third-order valence-corrected chi connectivity index (χ3v) is 2.53. The summed E-state index contributed by atoms with van der Waals surface area (Å²) in [5, 5.41) is 8.92. The summed E-state index contributed by atoms with van der Waals surface area (Å²) < 4.78 is 5.28. The maximum atomic E-state index is 11.8. The van der Waals surface area contributed by atoms with E-state index in [-0.39, 0.29) is 12.7 Å². The van der Waals surface area contributed by atoms with E-state index in [1.807, 2.05) is 20.8 Å². The van der Waals surface area contributed by atoms with E-state index in [2.05, 4.69) is 0 Å². The maximum Gasteiger partial charge on any atom is 0.410 e. The number of ether oxygens (including phenoxy) is 1. The molecule has 0 unspecified atom stereocenters. The van der Waals surface area contributed by atoms with Crippen LogP contribution in [0.5, 0.6) is 0 Å². The number of aliphatic hydroxyl groups is 1. The molecule has 0 radical (unpaired) electrons. The molecule has 0 saturated heterocycles. The van der Waals surface area contributed by atoms with Gasteiger partial charge in [0.05, 0.1) is 6.61 Å². The zero-order valence-corrected chi connectivity index (χ0v) is 10.5. The Bertz CT molecular complexity index is 231. The van der Waals surface area contributed by atoms with Crippen LogP contribution in [0.1, 0.15) is 40.0 Å². The van der Waals surface area contributed by atoms with Crippen molar-refractivity contribution in [3.05, 3.63) is 0 Å². The van der Waals surface area contributed by atoms with Gasteiger partial charge in [-0.3, -0.25) is 0 Å². The molecule has 0 bridgehead atoms. The van der Waals surface area contributed by atoms with Crippen molar-refractivity contribution in [1.29, 1.82) is 0 Å². The fourth-order valence-electron chi connectivity index (χ4n) is 1.49. The lowest BCUT2D eigenvalue weighted by molar-refractivity contribution is 0.0214. The van der Waals surface area contributed by atoms with Gasteiger partial charge >= 0.3 is 6.09 Å². The van der Waals surface area contributed by atoms with Gasteiger partial charge < -0.3 is 14.7 Å². The fourth-order valence-corrected chi connectivity index (χ4v) is 1.49. The summed E-state index contributed by atoms with van der Waals surface area (Å²) >= 11 is 0. The Hall–Kier alpha value is -0.770. The maximum absolute atomic E-state index is 11.8. The lowest BCUT2D eigenvalue weighted by Gasteiger charge is -2.27. The molecule has 1 rings (SSSR count). The standard InChI is InChI=1S/C12H23NO3/c1-12(2,3)16-11(15)13(8-9-14)7-6-10-4-5-10/h10,14H,4-9H2,1-3H3. The zero-order valence-electron chi connectivity index (χ0n) is 10.5. The van der Waals surface area contributed by atoms with Crippen molar-refractivity contribution < 1.29 is 14.6 Å². The number of hydrogen-bond acceptors (Lipinski definition) is 3. The van der Waals surface area contributed by atoms with E-state index in [1.165, 1.54) is 12.8 Å². The Labute approximate surface area is 97.6 Å². The fraction of sp³-hybridized carbons (Fsp3) is 0.917. The van der Waals surface area contributed by atoms with Crippen molar-refractivity contribution in [1.82, 2.24) is 4.90 Å². The van der Waals surface area contributed by atoms with Crippen LogP contribution in [0.15, 0.2) is 0 Å². The van der Waals surface area contributed by atoms with E-state index in [0.29, 0.717) is 13.1 Å². The van der Waals surface area contributed by atoms with Gasteiger partial charge in [-0.25, -0.2) is 4.79 Å². The Morgan fingerprint density at radius 3 is 2.44 bits per heavy atom. The predicted octanol–water partition coefficient (Wildman–Crippen LogP) is 2.02. The molecule has 0 aromatic carbocycles. The number of hydrogen-bond donors (Lipinski definition) is 1. The monoisotopic (exact) mass is 229 g/mol. The largest absolute Gasteiger partial charge is 0.444 e. The lowest BCUT2D eigenvalue weighted by atomic mass is 10.2. The summed E-state index contributed by atoms with van der Waals surface area (Å²) in [4.78, 5) is 13.4. The summed E-state index contributed by atoms with van der Waals surface area (Å²) in [5.74, 6) is 0.781. The second-order valence-electron chi connectivity index (χ2n) is 5.42. The summed E-state index contributed by atoms with van der Waals surface area (Å²) in [6, 6.07) is 0. The topological polar surface area (TPSA) is 49.8 Å². The highest BCUT2D eigenvalue weighted by Crippen LogP contribution is 2.32. The van der Waals surface area contributed by atoms with Gasteiger partial charge in [-0.05, 0) is 33.1 Å². The molecule has 16 heavy (non-hydrogen) atoms. The molecular weight excluding hydrogens is 206 g/mol. The summed E-state index contributed by atoms with van der Waals surface area (Å²) in [6.07, 6.45) is 3.27. The van der Waals surface area contributed by atoms with Crippen LogP contribution in [0.4, 0.5) is 4.79 Å². The van der Waals surface area contributed by atoms with E-state index in [4.69, 9.17) is 9.84 Å². The number of nitrogens with zero attached hydrogens (tertiary/aromatic N) is 1. The van der Waals surface area contributed by atoms with Gasteiger partial charge in [0.15, 0.2) is 0 Å². The lowest BCUT2D eigenvalue weighted by Crippen LogP contribution is -2.39. The minimum Gasteiger partial charge on any atom is -0.444 e. The molecule has 0 atom stereocenters. The van der Waals surface area contributed by atoms with Crippen LogP contribution >= 0.6 is 0 Å². The Morgan fingerprint density at radius 2 is 2.00 bits per heavy atom. The molecule has 1 saturated carbocycles. The molecular formula is C12H23NO3. The smallest absolute Gasteiger partial charge is 0.410 e. The third kappa shape index (κ3) is 5.35. The van der Waals surface area contributed by atoms with Crippen molar-refractivity contribution in [2.45, 2.75) is 45.6 Å². The number of carbonyl (C=O) groups is 1. The number of rotatable bonds is 5. The first-order valence-corrected chi connectivity index (χ1v) is 6.01. The minimum absolute atomic E-state index is 0.0100. The van der Waals surface area contributed by atoms with Gasteiger partial charge in [0.2, 0.25) is 0 Å². The number of aliphatic hydroxyl groups excluding tert-OH is 1. The first kappa shape index (κ1) is 13.3. The van der Waals surface area contributed by atoms with E-state index in [1.54, 1.807) is 4.90 Å². The van der Waals surface area contributed by atoms with Crippen LogP contribution in [-0.2, 0) is 4.74 Å². The van der Waals surface area contributed by atoms with Crippen molar-refractivity contribution in [3.63, 3.8) is 0 Å². The average Bonchev–Trinajstić information content (AvgIpc) is 2.92. The Balaban J connectivity index is 2.36. The molecule has 1 amide bonds. The molecule has 0 aromatic heterocycles. The highest BCUT2D eigenvalue weighted by Gasteiger charge is 2.25. The summed E-state index contributed by atoms with van der Waals surface area (Å²) in [6.45, 7) is 6.60. The van der Waals surface area contributed by atoms with Crippen molar-refractivity contribution in [2.24, 2.45) is 5.92 Å². The molecule has 1 fully saturated rings. The van der Waals surface area contributed by atoms with E-state index >= 15 is 0 Å². The van der Waals surface area contributed by atoms with Crippen LogP contribution in [-0.4, -0.2) is 41.4 Å². The zero-order chi connectivity index (χ0) is 12.2. The normalized spacial score (nSPS) is 16.0. The van der Waals surface area contributed by atoms with E-state index in [9.17, 15) is 4.79 Å². The van der Waals surface area contributed by atoms with Crippen molar-refractivity contribution in [2.75, 3.05) is 19.7 Å². The van der Waals surface area contributed by atoms with Crippen molar-refractivity contribution in [3.8, 4) is 0 Å². The van der Waals surface area contributed by atoms with Gasteiger partial charge in [0.25, 0.3) is 0 Å². The first-order valence-electron chi connectivity index (χ1n) is 6.01. The van der Waals surface area contributed by atoms with Gasteiger partial charge in [-0.15, -0.1) is 0 Å². The second kappa shape index (κ2) is 5.53. The quantitative estimate of drug-likeness (QED) is 0.784. The van der Waals surface area contributed by atoms with E-state index < -0.39 is 5.60 Å². The van der Waals surface area contributed by atoms with E-state index in [0.717, 1.165) is 12.3 Å². The second-order valence-corrected chi connectivity index (χ2v) is 5.42. The number of carbonyl (C=O) groups excluding carboxylic acids is 1.